The number of hydrogen-bond acceptors (Lipinski definition) is 3. The van der Waals surface area contributed by atoms with Crippen LogP contribution in [-0.4, -0.2) is 4.57 Å². The molecule has 27 aromatic rings. The monoisotopic (exact) mass is 1640 g/mol. The highest BCUT2D eigenvalue weighted by atomic mass is 16.3. The van der Waals surface area contributed by atoms with Crippen LogP contribution >= 0.6 is 0 Å². The van der Waals surface area contributed by atoms with E-state index < -0.39 is 0 Å². The van der Waals surface area contributed by atoms with E-state index in [0.717, 1.165) is 71.5 Å². The average Bonchev–Trinajstić information content (AvgIpc) is 1.69. The molecule has 0 saturated carbocycles. The fourth-order valence-electron chi connectivity index (χ4n) is 21.1. The zero-order valence-electron chi connectivity index (χ0n) is 70.6. The molecular formula is C125H79NO3. The highest BCUT2D eigenvalue weighted by Crippen LogP contribution is 2.54. The van der Waals surface area contributed by atoms with E-state index in [0.29, 0.717) is 0 Å². The van der Waals surface area contributed by atoms with Gasteiger partial charge in [-0.1, -0.05) is 382 Å². The van der Waals surface area contributed by atoms with Gasteiger partial charge in [0.1, 0.15) is 27.9 Å². The van der Waals surface area contributed by atoms with Crippen molar-refractivity contribution in [2.24, 2.45) is 7.05 Å². The minimum absolute atomic E-state index is 0.902. The van der Waals surface area contributed by atoms with E-state index in [1.54, 1.807) is 6.26 Å². The second-order valence-electron chi connectivity index (χ2n) is 33.8. The SMILES string of the molecule is Cn1c2ccccc2c2cccc(-c3cc(-c4c5ccccc5c(-c5ccccc5)c5ccccc45)cc4c3oc3ccccc34)c21.c1ccc(-c2c3ccccc3c(-c3cc(-c4ccccc4)c4occc4c3)c3ccccc23)cc1.c1ccc2cc(-c3c4ccccc4c(-c4ccc5oc6ccccc6c5c4-c4ccc5ccccc5c4)c4ccccc34)ccc2c1. The Labute approximate surface area is 743 Å². The number of aromatic nitrogens is 1. The second-order valence-corrected chi connectivity index (χ2v) is 33.8. The van der Waals surface area contributed by atoms with Crippen molar-refractivity contribution in [2.75, 3.05) is 0 Å². The molecule has 0 aliphatic rings. The first-order valence-corrected chi connectivity index (χ1v) is 44.3. The molecule has 0 amide bonds. The van der Waals surface area contributed by atoms with Crippen LogP contribution in [0.3, 0.4) is 0 Å². The van der Waals surface area contributed by atoms with Crippen LogP contribution in [0.5, 0.6) is 0 Å². The summed E-state index contributed by atoms with van der Waals surface area (Å²) in [6, 6.07) is 164. The minimum Gasteiger partial charge on any atom is -0.464 e. The average molecular weight is 1640 g/mol. The topological polar surface area (TPSA) is 44.4 Å². The van der Waals surface area contributed by atoms with Crippen LogP contribution in [0, 0.1) is 0 Å². The number of aryl methyl sites for hydroxylation is 1. The van der Waals surface area contributed by atoms with E-state index in [9.17, 15) is 0 Å². The minimum atomic E-state index is 0.902. The highest BCUT2D eigenvalue weighted by Gasteiger charge is 2.27. The fourth-order valence-corrected chi connectivity index (χ4v) is 21.1. The highest BCUT2D eigenvalue weighted by molar-refractivity contribution is 6.29. The summed E-state index contributed by atoms with van der Waals surface area (Å²) in [7, 11) is 2.18. The van der Waals surface area contributed by atoms with Crippen LogP contribution in [0.2, 0.25) is 0 Å². The van der Waals surface area contributed by atoms with Crippen molar-refractivity contribution < 1.29 is 13.3 Å². The van der Waals surface area contributed by atoms with Crippen molar-refractivity contribution >= 4 is 163 Å². The molecule has 0 fully saturated rings. The fraction of sp³-hybridized carbons (Fsp3) is 0.00800. The molecule has 0 atom stereocenters. The van der Waals surface area contributed by atoms with Gasteiger partial charge in [-0.05, 0) is 237 Å². The summed E-state index contributed by atoms with van der Waals surface area (Å²) < 4.78 is 21.5. The summed E-state index contributed by atoms with van der Waals surface area (Å²) in [6.07, 6.45) is 1.79. The molecule has 0 N–H and O–H groups in total. The molecule has 23 aromatic carbocycles. The van der Waals surface area contributed by atoms with Gasteiger partial charge in [-0.2, -0.15) is 0 Å². The Kier molecular flexibility index (Phi) is 17.8. The number of benzene rings is 23. The van der Waals surface area contributed by atoms with E-state index in [-0.39, 0.29) is 0 Å². The predicted molar refractivity (Wildman–Crippen MR) is 547 cm³/mol. The summed E-state index contributed by atoms with van der Waals surface area (Å²) in [5.74, 6) is 0. The first kappa shape index (κ1) is 74.7. The first-order chi connectivity index (χ1) is 64.0. The van der Waals surface area contributed by atoms with E-state index in [1.165, 1.54) is 191 Å². The van der Waals surface area contributed by atoms with Crippen LogP contribution in [0.1, 0.15) is 0 Å². The third kappa shape index (κ3) is 12.4. The molecule has 0 saturated heterocycles. The second kappa shape index (κ2) is 30.8. The van der Waals surface area contributed by atoms with Gasteiger partial charge in [0.25, 0.3) is 0 Å². The lowest BCUT2D eigenvalue weighted by Gasteiger charge is -2.20. The van der Waals surface area contributed by atoms with Crippen molar-refractivity contribution in [3.63, 3.8) is 0 Å². The van der Waals surface area contributed by atoms with E-state index in [1.807, 2.05) is 6.07 Å². The van der Waals surface area contributed by atoms with Crippen LogP contribution in [0.4, 0.5) is 0 Å². The van der Waals surface area contributed by atoms with Crippen LogP contribution in [0.25, 0.3) is 263 Å². The largest absolute Gasteiger partial charge is 0.464 e. The molecule has 0 radical (unpaired) electrons. The normalized spacial score (nSPS) is 11.8. The van der Waals surface area contributed by atoms with Crippen molar-refractivity contribution in [1.29, 1.82) is 0 Å². The van der Waals surface area contributed by atoms with Gasteiger partial charge < -0.3 is 17.8 Å². The van der Waals surface area contributed by atoms with Crippen molar-refractivity contribution in [3.8, 4) is 100 Å². The van der Waals surface area contributed by atoms with Gasteiger partial charge in [0.15, 0.2) is 0 Å². The van der Waals surface area contributed by atoms with Gasteiger partial charge in [-0.15, -0.1) is 0 Å². The third-order valence-corrected chi connectivity index (χ3v) is 26.7. The smallest absolute Gasteiger partial charge is 0.143 e. The summed E-state index contributed by atoms with van der Waals surface area (Å²) in [6.45, 7) is 0. The molecule has 4 heteroatoms. The van der Waals surface area contributed by atoms with Gasteiger partial charge >= 0.3 is 0 Å². The van der Waals surface area contributed by atoms with Gasteiger partial charge in [-0.25, -0.2) is 0 Å². The molecule has 602 valence electrons. The Morgan fingerprint density at radius 1 is 0.178 bits per heavy atom. The number of hydrogen-bond donors (Lipinski definition) is 0. The Balaban J connectivity index is 0.000000106. The Morgan fingerprint density at radius 3 is 1.08 bits per heavy atom. The molecule has 0 unspecified atom stereocenters. The van der Waals surface area contributed by atoms with E-state index >= 15 is 0 Å². The van der Waals surface area contributed by atoms with Crippen molar-refractivity contribution in [1.82, 2.24) is 4.57 Å². The van der Waals surface area contributed by atoms with Crippen LogP contribution < -0.4 is 0 Å². The Hall–Kier alpha value is -16.9. The molecular weight excluding hydrogens is 1560 g/mol. The molecule has 4 aromatic heterocycles. The summed E-state index contributed by atoms with van der Waals surface area (Å²) in [4.78, 5) is 0. The lowest BCUT2D eigenvalue weighted by atomic mass is 9.82. The van der Waals surface area contributed by atoms with Gasteiger partial charge in [0.05, 0.1) is 11.8 Å². The number of para-hydroxylation sites is 4. The predicted octanol–water partition coefficient (Wildman–Crippen LogP) is 35.5. The molecule has 0 aliphatic carbocycles. The quantitative estimate of drug-likeness (QED) is 0.135. The molecule has 129 heavy (non-hydrogen) atoms. The zero-order chi connectivity index (χ0) is 85.2. The molecule has 4 nitrogen and oxygen atoms in total. The molecule has 4 heterocycles. The van der Waals surface area contributed by atoms with Gasteiger partial charge in [0.2, 0.25) is 0 Å². The van der Waals surface area contributed by atoms with Crippen LogP contribution in [-0.2, 0) is 7.05 Å². The summed E-state index contributed by atoms with van der Waals surface area (Å²) in [5, 5.41) is 28.1. The van der Waals surface area contributed by atoms with Crippen molar-refractivity contribution in [3.05, 3.63) is 461 Å². The Morgan fingerprint density at radius 2 is 0.558 bits per heavy atom. The lowest BCUT2D eigenvalue weighted by Crippen LogP contribution is -1.93. The number of furan rings is 3. The van der Waals surface area contributed by atoms with Crippen molar-refractivity contribution in [2.45, 2.75) is 0 Å². The maximum atomic E-state index is 6.73. The maximum absolute atomic E-state index is 6.73. The van der Waals surface area contributed by atoms with Crippen LogP contribution in [0.15, 0.2) is 474 Å². The number of nitrogens with zero attached hydrogens (tertiary/aromatic N) is 1. The molecule has 27 rings (SSSR count). The maximum Gasteiger partial charge on any atom is 0.143 e. The zero-order valence-corrected chi connectivity index (χ0v) is 70.6. The molecule has 0 aliphatic heterocycles. The standard InChI is InChI=1S/C46H28O.C45H29NO.C34H22O/c1-3-13-31-27-33(23-21-29(31)11-1)43-35-15-5-7-17-37(35)45(38-18-8-6-16-36(38)43)40-25-26-42-46(39-19-9-10-20-41(39)47-42)44(40)34-24-22-30-12-2-4-14-32(30)28-34;1-46-40-24-11-9-16-30(40)36-22-13-23-37(44(36)46)39-27-29(26-38-31-17-10-12-25-41(31)47-45(38)39)43-34-20-7-5-18-32(34)42(28-14-3-2-4-15-28)33-19-6-8-21-35(33)43;1-3-11-23(12-4-1)31-22-26(21-25-19-20-35-34(25)31)33-29-17-9-7-15-27(29)32(24-13-5-2-6-14-24)28-16-8-10-18-30(28)33/h1-28H;2-27H,1H3;1-22H. The first-order valence-electron chi connectivity index (χ1n) is 44.3. The van der Waals surface area contributed by atoms with E-state index in [4.69, 9.17) is 13.3 Å². The van der Waals surface area contributed by atoms with Gasteiger partial charge in [-0.3, -0.25) is 0 Å². The molecule has 0 spiro atoms. The number of rotatable bonds is 9. The summed E-state index contributed by atoms with van der Waals surface area (Å²) in [5.41, 5.74) is 28.8. The number of fused-ring (bicyclic) bond motifs is 18. The Bertz CT molecular complexity index is 9030. The summed E-state index contributed by atoms with van der Waals surface area (Å²) >= 11 is 0. The third-order valence-electron chi connectivity index (χ3n) is 26.7. The van der Waals surface area contributed by atoms with E-state index in [2.05, 4.69) is 461 Å². The van der Waals surface area contributed by atoms with Gasteiger partial charge in [0, 0.05) is 72.5 Å². The lowest BCUT2D eigenvalue weighted by molar-refractivity contribution is 0.617. The molecule has 0 bridgehead atoms.